The minimum Gasteiger partial charge on any atom is -0.493 e. The fraction of sp³-hybridized carbons (Fsp3) is 0.545. The Morgan fingerprint density at radius 2 is 1.44 bits per heavy atom. The highest BCUT2D eigenvalue weighted by Crippen LogP contribution is 2.32. The van der Waals surface area contributed by atoms with Gasteiger partial charge < -0.3 is 14.6 Å². The SMILES string of the molecule is CCCCCCOc1ccc(OCCCCCC)c2nc(C(=O)O)ccc12. The van der Waals surface area contributed by atoms with Gasteiger partial charge in [-0.1, -0.05) is 52.4 Å². The van der Waals surface area contributed by atoms with E-state index in [1.54, 1.807) is 6.07 Å². The first-order chi connectivity index (χ1) is 13.2. The molecule has 0 aliphatic heterocycles. The highest BCUT2D eigenvalue weighted by atomic mass is 16.5. The number of rotatable bonds is 13. The van der Waals surface area contributed by atoms with E-state index < -0.39 is 5.97 Å². The van der Waals surface area contributed by atoms with E-state index in [2.05, 4.69) is 18.8 Å². The van der Waals surface area contributed by atoms with Crippen LogP contribution < -0.4 is 9.47 Å². The molecule has 2 rings (SSSR count). The molecule has 0 unspecified atom stereocenters. The maximum atomic E-state index is 11.3. The molecule has 0 aliphatic carbocycles. The molecule has 0 amide bonds. The summed E-state index contributed by atoms with van der Waals surface area (Å²) in [5.41, 5.74) is 0.565. The molecule has 0 spiro atoms. The van der Waals surface area contributed by atoms with E-state index in [1.807, 2.05) is 12.1 Å². The normalized spacial score (nSPS) is 10.9. The average molecular weight is 373 g/mol. The number of fused-ring (bicyclic) bond motifs is 1. The Morgan fingerprint density at radius 3 is 2.04 bits per heavy atom. The van der Waals surface area contributed by atoms with Crippen LogP contribution in [0.4, 0.5) is 0 Å². The summed E-state index contributed by atoms with van der Waals surface area (Å²) in [5, 5.41) is 10.1. The van der Waals surface area contributed by atoms with Crippen molar-refractivity contribution in [3.8, 4) is 11.5 Å². The molecule has 0 fully saturated rings. The van der Waals surface area contributed by atoms with Crippen molar-refractivity contribution < 1.29 is 19.4 Å². The monoisotopic (exact) mass is 373 g/mol. The van der Waals surface area contributed by atoms with Gasteiger partial charge in [0.05, 0.1) is 13.2 Å². The van der Waals surface area contributed by atoms with Gasteiger partial charge in [0, 0.05) is 5.39 Å². The van der Waals surface area contributed by atoms with Crippen molar-refractivity contribution in [2.24, 2.45) is 0 Å². The van der Waals surface area contributed by atoms with Crippen molar-refractivity contribution in [3.05, 3.63) is 30.0 Å². The summed E-state index contributed by atoms with van der Waals surface area (Å²) in [7, 11) is 0. The maximum Gasteiger partial charge on any atom is 0.354 e. The predicted octanol–water partition coefficient (Wildman–Crippen LogP) is 5.85. The van der Waals surface area contributed by atoms with Gasteiger partial charge in [-0.25, -0.2) is 9.78 Å². The second-order valence-electron chi connectivity index (χ2n) is 6.78. The summed E-state index contributed by atoms with van der Waals surface area (Å²) in [6.07, 6.45) is 9.02. The molecule has 1 aromatic carbocycles. The molecule has 27 heavy (non-hydrogen) atoms. The van der Waals surface area contributed by atoms with Crippen LogP contribution >= 0.6 is 0 Å². The zero-order valence-electron chi connectivity index (χ0n) is 16.5. The van der Waals surface area contributed by atoms with E-state index in [4.69, 9.17) is 9.47 Å². The minimum absolute atomic E-state index is 0.0124. The van der Waals surface area contributed by atoms with Gasteiger partial charge in [-0.2, -0.15) is 0 Å². The second-order valence-corrected chi connectivity index (χ2v) is 6.78. The lowest BCUT2D eigenvalue weighted by Gasteiger charge is -2.13. The van der Waals surface area contributed by atoms with Crippen LogP contribution in [0.5, 0.6) is 11.5 Å². The lowest BCUT2D eigenvalue weighted by molar-refractivity contribution is 0.0691. The number of aromatic carboxylic acids is 1. The van der Waals surface area contributed by atoms with Gasteiger partial charge in [0.15, 0.2) is 0 Å². The number of hydrogen-bond donors (Lipinski definition) is 1. The van der Waals surface area contributed by atoms with E-state index in [1.165, 1.54) is 31.7 Å². The van der Waals surface area contributed by atoms with E-state index in [0.717, 1.165) is 36.8 Å². The Labute approximate surface area is 161 Å². The highest BCUT2D eigenvalue weighted by molar-refractivity contribution is 5.94. The molecule has 5 nitrogen and oxygen atoms in total. The molecule has 0 atom stereocenters. The Hall–Kier alpha value is -2.30. The summed E-state index contributed by atoms with van der Waals surface area (Å²) in [5.74, 6) is 0.295. The largest absolute Gasteiger partial charge is 0.493 e. The molecule has 1 N–H and O–H groups in total. The number of carboxylic acid groups (broad SMARTS) is 1. The quantitative estimate of drug-likeness (QED) is 0.446. The molecule has 2 aromatic rings. The number of aromatic nitrogens is 1. The fourth-order valence-electron chi connectivity index (χ4n) is 2.95. The van der Waals surface area contributed by atoms with Gasteiger partial charge in [-0.05, 0) is 37.1 Å². The van der Waals surface area contributed by atoms with Crippen LogP contribution in [0.1, 0.15) is 75.7 Å². The van der Waals surface area contributed by atoms with E-state index in [-0.39, 0.29) is 5.69 Å². The highest BCUT2D eigenvalue weighted by Gasteiger charge is 2.13. The summed E-state index contributed by atoms with van der Waals surface area (Å²) in [4.78, 5) is 15.6. The Kier molecular flexibility index (Phi) is 8.89. The molecule has 0 aliphatic rings. The van der Waals surface area contributed by atoms with Crippen molar-refractivity contribution in [2.45, 2.75) is 65.2 Å². The van der Waals surface area contributed by atoms with Gasteiger partial charge in [-0.3, -0.25) is 0 Å². The molecular formula is C22H31NO4. The Bertz CT molecular complexity index is 730. The zero-order chi connectivity index (χ0) is 19.5. The fourth-order valence-corrected chi connectivity index (χ4v) is 2.95. The second kappa shape index (κ2) is 11.4. The standard InChI is InChI=1S/C22H31NO4/c1-3-5-7-9-15-26-19-13-14-20(27-16-10-8-6-4-2)21-17(19)11-12-18(23-21)22(24)25/h11-14H,3-10,15-16H2,1-2H3,(H,24,25). The third-order valence-electron chi connectivity index (χ3n) is 4.51. The maximum absolute atomic E-state index is 11.3. The molecule has 1 heterocycles. The molecular weight excluding hydrogens is 342 g/mol. The zero-order valence-corrected chi connectivity index (χ0v) is 16.5. The average Bonchev–Trinajstić information content (AvgIpc) is 2.68. The summed E-state index contributed by atoms with van der Waals surface area (Å²) in [6.45, 7) is 5.60. The number of ether oxygens (including phenoxy) is 2. The molecule has 0 radical (unpaired) electrons. The smallest absolute Gasteiger partial charge is 0.354 e. The summed E-state index contributed by atoms with van der Waals surface area (Å²) < 4.78 is 11.8. The number of nitrogens with zero attached hydrogens (tertiary/aromatic N) is 1. The Morgan fingerprint density at radius 1 is 0.852 bits per heavy atom. The molecule has 0 bridgehead atoms. The van der Waals surface area contributed by atoms with Gasteiger partial charge in [-0.15, -0.1) is 0 Å². The lowest BCUT2D eigenvalue weighted by Crippen LogP contribution is -2.04. The van der Waals surface area contributed by atoms with E-state index >= 15 is 0 Å². The van der Waals surface area contributed by atoms with Crippen molar-refractivity contribution in [1.29, 1.82) is 0 Å². The van der Waals surface area contributed by atoms with Crippen LogP contribution in [0, 0.1) is 0 Å². The minimum atomic E-state index is -1.04. The van der Waals surface area contributed by atoms with E-state index in [0.29, 0.717) is 24.5 Å². The number of benzene rings is 1. The number of unbranched alkanes of at least 4 members (excludes halogenated alkanes) is 6. The van der Waals surface area contributed by atoms with Crippen LogP contribution in [-0.4, -0.2) is 29.3 Å². The Balaban J connectivity index is 2.16. The molecule has 0 saturated carbocycles. The molecule has 148 valence electrons. The van der Waals surface area contributed by atoms with Gasteiger partial charge in [0.2, 0.25) is 0 Å². The van der Waals surface area contributed by atoms with Crippen LogP contribution in [0.25, 0.3) is 10.9 Å². The number of pyridine rings is 1. The van der Waals surface area contributed by atoms with Gasteiger partial charge in [0.25, 0.3) is 0 Å². The third-order valence-corrected chi connectivity index (χ3v) is 4.51. The van der Waals surface area contributed by atoms with Crippen LogP contribution in [0.2, 0.25) is 0 Å². The first-order valence-electron chi connectivity index (χ1n) is 10.1. The van der Waals surface area contributed by atoms with Crippen molar-refractivity contribution >= 4 is 16.9 Å². The van der Waals surface area contributed by atoms with Crippen molar-refractivity contribution in [2.75, 3.05) is 13.2 Å². The molecule has 5 heteroatoms. The van der Waals surface area contributed by atoms with Crippen LogP contribution in [0.3, 0.4) is 0 Å². The molecule has 0 saturated heterocycles. The first-order valence-corrected chi connectivity index (χ1v) is 10.1. The molecule has 1 aromatic heterocycles. The van der Waals surface area contributed by atoms with Crippen molar-refractivity contribution in [1.82, 2.24) is 4.98 Å². The lowest BCUT2D eigenvalue weighted by atomic mass is 10.1. The summed E-state index contributed by atoms with van der Waals surface area (Å²) in [6, 6.07) is 7.00. The van der Waals surface area contributed by atoms with Crippen LogP contribution in [-0.2, 0) is 0 Å². The predicted molar refractivity (Wildman–Crippen MR) is 108 cm³/mol. The number of carbonyl (C=O) groups is 1. The topological polar surface area (TPSA) is 68.7 Å². The van der Waals surface area contributed by atoms with E-state index in [9.17, 15) is 9.90 Å². The number of hydrogen-bond acceptors (Lipinski definition) is 4. The third kappa shape index (κ3) is 6.42. The van der Waals surface area contributed by atoms with Crippen molar-refractivity contribution in [3.63, 3.8) is 0 Å². The van der Waals surface area contributed by atoms with Gasteiger partial charge >= 0.3 is 5.97 Å². The summed E-state index contributed by atoms with van der Waals surface area (Å²) >= 11 is 0. The number of carboxylic acids is 1. The van der Waals surface area contributed by atoms with Gasteiger partial charge in [0.1, 0.15) is 22.7 Å². The van der Waals surface area contributed by atoms with Crippen LogP contribution in [0.15, 0.2) is 24.3 Å². The first kappa shape index (κ1) is 21.0.